The first kappa shape index (κ1) is 14.8. The number of halogens is 4. The highest BCUT2D eigenvalue weighted by Gasteiger charge is 2.09. The van der Waals surface area contributed by atoms with E-state index in [0.29, 0.717) is 6.54 Å². The average molecular weight is 408 g/mol. The summed E-state index contributed by atoms with van der Waals surface area (Å²) in [5, 5.41) is 3.41. The number of hydrogen-bond acceptors (Lipinski definition) is 1. The first-order valence-electron chi connectivity index (χ1n) is 5.61. The molecule has 0 fully saturated rings. The third-order valence-electron chi connectivity index (χ3n) is 2.67. The Bertz CT molecular complexity index is 593. The Morgan fingerprint density at radius 2 is 1.84 bits per heavy atom. The van der Waals surface area contributed by atoms with E-state index < -0.39 is 5.82 Å². The van der Waals surface area contributed by atoms with Gasteiger partial charge in [0.05, 0.1) is 10.7 Å². The van der Waals surface area contributed by atoms with Gasteiger partial charge in [-0.3, -0.25) is 0 Å². The van der Waals surface area contributed by atoms with Gasteiger partial charge in [0.15, 0.2) is 0 Å². The topological polar surface area (TPSA) is 12.0 Å². The van der Waals surface area contributed by atoms with Crippen molar-refractivity contribution in [3.63, 3.8) is 0 Å². The van der Waals surface area contributed by atoms with Gasteiger partial charge in [-0.25, -0.2) is 4.39 Å². The smallest absolute Gasteiger partial charge is 0.142 e. The number of nitrogens with one attached hydrogen (secondary N) is 1. The monoisotopic (exact) mass is 405 g/mol. The number of aryl methyl sites for hydroxylation is 1. The van der Waals surface area contributed by atoms with Crippen LogP contribution in [0.1, 0.15) is 11.1 Å². The summed E-state index contributed by atoms with van der Waals surface area (Å²) in [5.74, 6) is -0.400. The lowest BCUT2D eigenvalue weighted by Crippen LogP contribution is -2.02. The van der Waals surface area contributed by atoms with E-state index in [1.165, 1.54) is 6.07 Å². The molecule has 0 heterocycles. The van der Waals surface area contributed by atoms with Crippen LogP contribution in [0.25, 0.3) is 0 Å². The van der Waals surface area contributed by atoms with Crippen LogP contribution in [0, 0.1) is 12.7 Å². The van der Waals surface area contributed by atoms with Gasteiger partial charge < -0.3 is 5.32 Å². The van der Waals surface area contributed by atoms with Crippen molar-refractivity contribution < 1.29 is 4.39 Å². The Kier molecular flexibility index (Phi) is 4.87. The number of hydrogen-bond donors (Lipinski definition) is 1. The second kappa shape index (κ2) is 6.25. The molecule has 0 unspecified atom stereocenters. The summed E-state index contributed by atoms with van der Waals surface area (Å²) in [6, 6.07) is 8.83. The Hall–Kier alpha value is -0.580. The van der Waals surface area contributed by atoms with Crippen LogP contribution >= 0.6 is 43.5 Å². The molecule has 100 valence electrons. The maximum Gasteiger partial charge on any atom is 0.142 e. The minimum atomic E-state index is -0.400. The fraction of sp³-hybridized carbons (Fsp3) is 0.143. The Morgan fingerprint density at radius 3 is 2.47 bits per heavy atom. The quantitative estimate of drug-likeness (QED) is 0.665. The molecule has 1 N–H and O–H groups in total. The van der Waals surface area contributed by atoms with Crippen LogP contribution in [0.2, 0.25) is 5.02 Å². The summed E-state index contributed by atoms with van der Waals surface area (Å²) in [6.07, 6.45) is 0. The molecular formula is C14H11Br2ClFN. The fourth-order valence-electron chi connectivity index (χ4n) is 1.74. The van der Waals surface area contributed by atoms with Crippen LogP contribution in [-0.2, 0) is 6.54 Å². The molecule has 0 aromatic heterocycles. The van der Waals surface area contributed by atoms with Crippen LogP contribution in [0.3, 0.4) is 0 Å². The highest BCUT2D eigenvalue weighted by atomic mass is 79.9. The largest absolute Gasteiger partial charge is 0.379 e. The minimum absolute atomic E-state index is 0.161. The molecular weight excluding hydrogens is 396 g/mol. The molecule has 0 spiro atoms. The van der Waals surface area contributed by atoms with Crippen LogP contribution in [0.5, 0.6) is 0 Å². The van der Waals surface area contributed by atoms with Gasteiger partial charge in [0.1, 0.15) is 5.82 Å². The van der Waals surface area contributed by atoms with E-state index in [9.17, 15) is 4.39 Å². The molecule has 5 heteroatoms. The Morgan fingerprint density at radius 1 is 1.21 bits per heavy atom. The molecule has 2 aromatic rings. The lowest BCUT2D eigenvalue weighted by Gasteiger charge is -2.13. The number of anilines is 1. The molecule has 0 aliphatic carbocycles. The van der Waals surface area contributed by atoms with Crippen molar-refractivity contribution in [2.24, 2.45) is 0 Å². The highest BCUT2D eigenvalue weighted by Crippen LogP contribution is 2.33. The van der Waals surface area contributed by atoms with Gasteiger partial charge >= 0.3 is 0 Å². The highest BCUT2D eigenvalue weighted by molar-refractivity contribution is 9.11. The van der Waals surface area contributed by atoms with Crippen LogP contribution in [0.4, 0.5) is 10.1 Å². The molecule has 0 atom stereocenters. The Balaban J connectivity index is 2.22. The molecule has 0 aliphatic rings. The van der Waals surface area contributed by atoms with E-state index in [1.54, 1.807) is 12.1 Å². The molecule has 0 amide bonds. The lowest BCUT2D eigenvalue weighted by atomic mass is 10.2. The van der Waals surface area contributed by atoms with Crippen molar-refractivity contribution in [2.75, 3.05) is 5.32 Å². The van der Waals surface area contributed by atoms with Gasteiger partial charge in [-0.1, -0.05) is 23.7 Å². The second-order valence-corrected chi connectivity index (χ2v) is 6.26. The molecule has 1 nitrogen and oxygen atoms in total. The first-order chi connectivity index (χ1) is 8.99. The molecule has 2 aromatic carbocycles. The molecule has 0 bridgehead atoms. The van der Waals surface area contributed by atoms with Gasteiger partial charge in [-0.2, -0.15) is 0 Å². The van der Waals surface area contributed by atoms with Crippen LogP contribution in [-0.4, -0.2) is 0 Å². The molecule has 0 aliphatic heterocycles. The molecule has 0 radical (unpaired) electrons. The fourth-order valence-corrected chi connectivity index (χ4v) is 3.63. The average Bonchev–Trinajstić information content (AvgIpc) is 2.33. The van der Waals surface area contributed by atoms with Crippen LogP contribution < -0.4 is 5.32 Å². The standard InChI is InChI=1S/C14H11Br2ClFN/c1-8-5-10(15)14(11(16)6-8)19-7-9-3-2-4-12(18)13(9)17/h2-6,19H,7H2,1H3. The van der Waals surface area contributed by atoms with Gasteiger partial charge in [0.25, 0.3) is 0 Å². The zero-order valence-electron chi connectivity index (χ0n) is 10.1. The molecule has 19 heavy (non-hydrogen) atoms. The van der Waals surface area contributed by atoms with Gasteiger partial charge in [0.2, 0.25) is 0 Å². The lowest BCUT2D eigenvalue weighted by molar-refractivity contribution is 0.626. The number of benzene rings is 2. The minimum Gasteiger partial charge on any atom is -0.379 e. The summed E-state index contributed by atoms with van der Waals surface area (Å²) in [6.45, 7) is 2.47. The second-order valence-electron chi connectivity index (χ2n) is 4.17. The SMILES string of the molecule is Cc1cc(Br)c(NCc2cccc(F)c2Cl)c(Br)c1. The summed E-state index contributed by atoms with van der Waals surface area (Å²) in [5.41, 5.74) is 2.79. The third-order valence-corrected chi connectivity index (χ3v) is 4.35. The summed E-state index contributed by atoms with van der Waals surface area (Å²) in [7, 11) is 0. The van der Waals surface area contributed by atoms with E-state index in [0.717, 1.165) is 25.8 Å². The Labute approximate surface area is 133 Å². The summed E-state index contributed by atoms with van der Waals surface area (Å²) in [4.78, 5) is 0. The van der Waals surface area contributed by atoms with Crippen molar-refractivity contribution in [2.45, 2.75) is 13.5 Å². The predicted molar refractivity (Wildman–Crippen MR) is 85.3 cm³/mol. The van der Waals surface area contributed by atoms with E-state index in [1.807, 2.05) is 19.1 Å². The predicted octanol–water partition coefficient (Wildman–Crippen LogP) is 5.92. The van der Waals surface area contributed by atoms with Crippen molar-refractivity contribution in [1.29, 1.82) is 0 Å². The van der Waals surface area contributed by atoms with Gasteiger partial charge in [-0.05, 0) is 68.1 Å². The van der Waals surface area contributed by atoms with E-state index in [4.69, 9.17) is 11.6 Å². The van der Waals surface area contributed by atoms with Gasteiger partial charge in [-0.15, -0.1) is 0 Å². The third kappa shape index (κ3) is 3.50. The molecule has 0 saturated heterocycles. The van der Waals surface area contributed by atoms with Crippen molar-refractivity contribution in [3.8, 4) is 0 Å². The zero-order chi connectivity index (χ0) is 14.0. The maximum absolute atomic E-state index is 13.3. The summed E-state index contributed by atoms with van der Waals surface area (Å²) < 4.78 is 15.2. The zero-order valence-corrected chi connectivity index (χ0v) is 14.0. The van der Waals surface area contributed by atoms with Crippen molar-refractivity contribution >= 4 is 49.1 Å². The van der Waals surface area contributed by atoms with E-state index in [-0.39, 0.29) is 5.02 Å². The van der Waals surface area contributed by atoms with Crippen LogP contribution in [0.15, 0.2) is 39.3 Å². The van der Waals surface area contributed by atoms with Crippen molar-refractivity contribution in [1.82, 2.24) is 0 Å². The molecule has 0 saturated carbocycles. The first-order valence-corrected chi connectivity index (χ1v) is 7.58. The molecule has 2 rings (SSSR count). The van der Waals surface area contributed by atoms with E-state index >= 15 is 0 Å². The van der Waals surface area contributed by atoms with Gasteiger partial charge in [0, 0.05) is 15.5 Å². The summed E-state index contributed by atoms with van der Waals surface area (Å²) >= 11 is 12.9. The number of rotatable bonds is 3. The maximum atomic E-state index is 13.3. The van der Waals surface area contributed by atoms with Crippen molar-refractivity contribution in [3.05, 3.63) is 61.2 Å². The normalized spacial score (nSPS) is 10.6. The van der Waals surface area contributed by atoms with E-state index in [2.05, 4.69) is 37.2 Å².